The van der Waals surface area contributed by atoms with Crippen molar-refractivity contribution in [2.75, 3.05) is 25.2 Å². The molecule has 11 heteroatoms. The summed E-state index contributed by atoms with van der Waals surface area (Å²) in [4.78, 5) is 51.4. The summed E-state index contributed by atoms with van der Waals surface area (Å²) in [5.41, 5.74) is 2.50. The topological polar surface area (TPSA) is 130 Å². The average Bonchev–Trinajstić information content (AvgIpc) is 3.10. The quantitative estimate of drug-likeness (QED) is 0.104. The zero-order chi connectivity index (χ0) is 34.0. The molecule has 4 amide bonds. The van der Waals surface area contributed by atoms with Crippen molar-refractivity contribution in [1.82, 2.24) is 5.32 Å². The molecule has 246 valence electrons. The molecule has 1 fully saturated rings. The third kappa shape index (κ3) is 7.81. The highest BCUT2D eigenvalue weighted by Crippen LogP contribution is 2.33. The van der Waals surface area contributed by atoms with Gasteiger partial charge in [0.15, 0.2) is 23.0 Å². The predicted octanol–water partition coefficient (Wildman–Crippen LogP) is 6.10. The molecule has 0 spiro atoms. The van der Waals surface area contributed by atoms with E-state index in [1.807, 2.05) is 62.4 Å². The maximum absolute atomic E-state index is 13.4. The first-order chi connectivity index (χ1) is 23.3. The lowest BCUT2D eigenvalue weighted by Crippen LogP contribution is -2.54. The number of hydrogen-bond acceptors (Lipinski definition) is 9. The van der Waals surface area contributed by atoms with E-state index in [1.54, 1.807) is 18.2 Å². The zero-order valence-electron chi connectivity index (χ0n) is 26.7. The van der Waals surface area contributed by atoms with Gasteiger partial charge in [-0.3, -0.25) is 14.9 Å². The lowest BCUT2D eigenvalue weighted by Gasteiger charge is -2.26. The number of nitrogens with one attached hydrogen (secondary N) is 1. The highest BCUT2D eigenvalue weighted by atomic mass is 16.5. The van der Waals surface area contributed by atoms with Crippen molar-refractivity contribution in [3.63, 3.8) is 0 Å². The van der Waals surface area contributed by atoms with Crippen molar-refractivity contribution in [3.05, 3.63) is 119 Å². The summed E-state index contributed by atoms with van der Waals surface area (Å²) < 4.78 is 28.5. The Bertz CT molecular complexity index is 1840. The van der Waals surface area contributed by atoms with Gasteiger partial charge in [-0.15, -0.1) is 0 Å². The van der Waals surface area contributed by atoms with Crippen LogP contribution in [0, 0.1) is 0 Å². The van der Waals surface area contributed by atoms with E-state index < -0.39 is 23.8 Å². The summed E-state index contributed by atoms with van der Waals surface area (Å²) in [5, 5.41) is 2.19. The van der Waals surface area contributed by atoms with Crippen molar-refractivity contribution >= 4 is 35.6 Å². The van der Waals surface area contributed by atoms with Crippen molar-refractivity contribution in [1.29, 1.82) is 0 Å². The molecule has 0 aliphatic carbocycles. The summed E-state index contributed by atoms with van der Waals surface area (Å²) in [6.07, 6.45) is 1.37. The number of carbonyl (C=O) groups excluding carboxylic acids is 4. The number of esters is 1. The van der Waals surface area contributed by atoms with Gasteiger partial charge in [0, 0.05) is 0 Å². The largest absolute Gasteiger partial charge is 0.490 e. The van der Waals surface area contributed by atoms with Gasteiger partial charge >= 0.3 is 12.0 Å². The van der Waals surface area contributed by atoms with Crippen molar-refractivity contribution in [3.8, 4) is 23.0 Å². The molecule has 1 N–H and O–H groups in total. The molecule has 0 bridgehead atoms. The van der Waals surface area contributed by atoms with Gasteiger partial charge < -0.3 is 23.7 Å². The van der Waals surface area contributed by atoms with Gasteiger partial charge in [0.1, 0.15) is 18.8 Å². The van der Waals surface area contributed by atoms with Crippen LogP contribution < -0.4 is 29.2 Å². The fraction of sp³-hybridized carbons (Fsp3) is 0.189. The van der Waals surface area contributed by atoms with E-state index >= 15 is 0 Å². The van der Waals surface area contributed by atoms with E-state index in [0.717, 1.165) is 16.0 Å². The molecular weight excluding hydrogens is 616 g/mol. The number of nitrogens with zero attached hydrogens (tertiary/aromatic N) is 1. The SMILES string of the molecule is CCOc1cc(/C=C2/C(=O)NC(=O)N(c3ccc(C(=O)OC)cc3)C2=O)ccc1OCc1ccc(OCc2ccccc2)c(OCC)c1. The first-order valence-corrected chi connectivity index (χ1v) is 15.2. The molecular formula is C37H34N2O9. The minimum atomic E-state index is -0.907. The summed E-state index contributed by atoms with van der Waals surface area (Å²) in [7, 11) is 1.25. The van der Waals surface area contributed by atoms with E-state index in [-0.39, 0.29) is 23.4 Å². The first-order valence-electron chi connectivity index (χ1n) is 15.2. The molecule has 1 heterocycles. The Morgan fingerprint density at radius 3 is 1.98 bits per heavy atom. The zero-order valence-corrected chi connectivity index (χ0v) is 26.7. The van der Waals surface area contributed by atoms with Crippen LogP contribution in [0.4, 0.5) is 10.5 Å². The predicted molar refractivity (Wildman–Crippen MR) is 177 cm³/mol. The number of ether oxygens (including phenoxy) is 5. The molecule has 0 saturated carbocycles. The lowest BCUT2D eigenvalue weighted by atomic mass is 10.1. The van der Waals surface area contributed by atoms with Crippen LogP contribution in [-0.4, -0.2) is 44.1 Å². The van der Waals surface area contributed by atoms with Crippen molar-refractivity contribution in [2.45, 2.75) is 27.1 Å². The number of rotatable bonds is 13. The van der Waals surface area contributed by atoms with E-state index in [1.165, 1.54) is 37.5 Å². The van der Waals surface area contributed by atoms with Gasteiger partial charge in [0.05, 0.1) is 31.6 Å². The van der Waals surface area contributed by atoms with Crippen LogP contribution in [-0.2, 0) is 27.5 Å². The lowest BCUT2D eigenvalue weighted by molar-refractivity contribution is -0.122. The highest BCUT2D eigenvalue weighted by Gasteiger charge is 2.37. The molecule has 1 aliphatic heterocycles. The maximum atomic E-state index is 13.4. The molecule has 0 atom stereocenters. The number of amides is 4. The number of methoxy groups -OCH3 is 1. The summed E-state index contributed by atoms with van der Waals surface area (Å²) >= 11 is 0. The van der Waals surface area contributed by atoms with Gasteiger partial charge in [-0.25, -0.2) is 14.5 Å². The van der Waals surface area contributed by atoms with Gasteiger partial charge in [-0.1, -0.05) is 42.5 Å². The molecule has 4 aromatic carbocycles. The number of benzene rings is 4. The molecule has 0 unspecified atom stereocenters. The summed E-state index contributed by atoms with van der Waals surface area (Å²) in [6, 6.07) is 25.2. The van der Waals surface area contributed by atoms with Crippen LogP contribution in [0.15, 0.2) is 96.6 Å². The Balaban J connectivity index is 1.32. The van der Waals surface area contributed by atoms with Gasteiger partial charge in [-0.05, 0) is 85.1 Å². The van der Waals surface area contributed by atoms with Crippen molar-refractivity contribution < 1.29 is 42.9 Å². The molecule has 1 saturated heterocycles. The molecule has 4 aromatic rings. The van der Waals surface area contributed by atoms with Gasteiger partial charge in [0.2, 0.25) is 0 Å². The average molecular weight is 651 g/mol. The highest BCUT2D eigenvalue weighted by molar-refractivity contribution is 6.39. The molecule has 0 radical (unpaired) electrons. The standard InChI is InChI=1S/C37H34N2O9/c1-4-45-32-20-25(19-29-34(40)38-37(43)39(35(29)41)28-15-13-27(14-16-28)36(42)44-3)11-17-30(32)48-23-26-12-18-31(33(21-26)46-5-2)47-22-24-9-7-6-8-10-24/h6-21H,4-5,22-23H2,1-3H3,(H,38,40,43)/b29-19-. The van der Waals surface area contributed by atoms with Crippen molar-refractivity contribution in [2.24, 2.45) is 0 Å². The molecule has 5 rings (SSSR count). The number of carbonyl (C=O) groups is 4. The van der Waals surface area contributed by atoms with Gasteiger partial charge in [0.25, 0.3) is 11.8 Å². The van der Waals surface area contributed by atoms with E-state index in [4.69, 9.17) is 23.7 Å². The van der Waals surface area contributed by atoms with Crippen LogP contribution in [0.1, 0.15) is 40.9 Å². The Morgan fingerprint density at radius 1 is 0.708 bits per heavy atom. The molecule has 0 aromatic heterocycles. The fourth-order valence-electron chi connectivity index (χ4n) is 4.85. The number of barbiturate groups is 1. The molecule has 1 aliphatic rings. The molecule has 48 heavy (non-hydrogen) atoms. The smallest absolute Gasteiger partial charge is 0.337 e. The van der Waals surface area contributed by atoms with E-state index in [0.29, 0.717) is 48.4 Å². The minimum absolute atomic E-state index is 0.172. The normalized spacial score (nSPS) is 13.6. The van der Waals surface area contributed by atoms with Crippen LogP contribution in [0.25, 0.3) is 6.08 Å². The Labute approximate surface area is 277 Å². The summed E-state index contributed by atoms with van der Waals surface area (Å²) in [5.74, 6) is -0.166. The Morgan fingerprint density at radius 2 is 1.33 bits per heavy atom. The Hall–Kier alpha value is -6.10. The maximum Gasteiger partial charge on any atom is 0.337 e. The van der Waals surface area contributed by atoms with Gasteiger partial charge in [-0.2, -0.15) is 0 Å². The number of hydrogen-bond donors (Lipinski definition) is 1. The third-order valence-electron chi connectivity index (χ3n) is 7.17. The second-order valence-corrected chi connectivity index (χ2v) is 10.4. The van der Waals surface area contributed by atoms with Crippen LogP contribution in [0.5, 0.6) is 23.0 Å². The number of imide groups is 2. The van der Waals surface area contributed by atoms with E-state index in [2.05, 4.69) is 5.32 Å². The monoisotopic (exact) mass is 650 g/mol. The second kappa shape index (κ2) is 15.5. The number of urea groups is 1. The number of anilines is 1. The Kier molecular flexibility index (Phi) is 10.7. The molecule has 11 nitrogen and oxygen atoms in total. The van der Waals surface area contributed by atoms with Crippen LogP contribution >= 0.6 is 0 Å². The fourth-order valence-corrected chi connectivity index (χ4v) is 4.85. The summed E-state index contributed by atoms with van der Waals surface area (Å²) in [6.45, 7) is 5.13. The van der Waals surface area contributed by atoms with E-state index in [9.17, 15) is 19.2 Å². The second-order valence-electron chi connectivity index (χ2n) is 10.4. The van der Waals surface area contributed by atoms with Crippen LogP contribution in [0.3, 0.4) is 0 Å². The van der Waals surface area contributed by atoms with Crippen LogP contribution in [0.2, 0.25) is 0 Å². The third-order valence-corrected chi connectivity index (χ3v) is 7.17. The minimum Gasteiger partial charge on any atom is -0.490 e. The first kappa shape index (κ1) is 33.3.